The summed E-state index contributed by atoms with van der Waals surface area (Å²) >= 11 is 4.95. The van der Waals surface area contributed by atoms with Crippen molar-refractivity contribution in [1.82, 2.24) is 10.2 Å². The van der Waals surface area contributed by atoms with Gasteiger partial charge in [-0.25, -0.2) is 0 Å². The molecule has 0 bridgehead atoms. The van der Waals surface area contributed by atoms with Crippen LogP contribution in [0.2, 0.25) is 0 Å². The second-order valence-corrected chi connectivity index (χ2v) is 3.58. The van der Waals surface area contributed by atoms with Gasteiger partial charge in [-0.2, -0.15) is 0 Å². The average molecular weight is 222 g/mol. The molecule has 1 aromatic carbocycles. The van der Waals surface area contributed by atoms with Gasteiger partial charge in [0, 0.05) is 18.2 Å². The van der Waals surface area contributed by atoms with Crippen molar-refractivity contribution >= 4 is 23.2 Å². The summed E-state index contributed by atoms with van der Waals surface area (Å²) in [6.07, 6.45) is -0.978. The van der Waals surface area contributed by atoms with E-state index < -0.39 is 6.23 Å². The summed E-state index contributed by atoms with van der Waals surface area (Å²) in [5, 5.41) is 12.8. The second kappa shape index (κ2) is 3.60. The molecule has 1 aromatic rings. The molecule has 1 aliphatic heterocycles. The van der Waals surface area contributed by atoms with E-state index in [1.165, 1.54) is 4.90 Å². The summed E-state index contributed by atoms with van der Waals surface area (Å²) < 4.78 is 0. The number of hydrogen-bond donors (Lipinski definition) is 2. The number of fused-ring (bicyclic) bond motifs is 1. The van der Waals surface area contributed by atoms with Gasteiger partial charge in [0.15, 0.2) is 11.3 Å². The van der Waals surface area contributed by atoms with Gasteiger partial charge in [0.25, 0.3) is 5.91 Å². The number of benzene rings is 1. The Hall–Kier alpha value is -1.46. The van der Waals surface area contributed by atoms with Gasteiger partial charge in [-0.1, -0.05) is 18.2 Å². The highest BCUT2D eigenvalue weighted by atomic mass is 32.1. The van der Waals surface area contributed by atoms with Crippen LogP contribution in [0.4, 0.5) is 0 Å². The van der Waals surface area contributed by atoms with E-state index in [0.29, 0.717) is 11.1 Å². The van der Waals surface area contributed by atoms with Crippen molar-refractivity contribution in [2.24, 2.45) is 0 Å². The molecule has 0 fully saturated rings. The lowest BCUT2D eigenvalue weighted by atomic mass is 10.1. The van der Waals surface area contributed by atoms with Gasteiger partial charge in [0.05, 0.1) is 0 Å². The third-order valence-corrected chi connectivity index (χ3v) is 2.77. The molecule has 0 saturated heterocycles. The Bertz CT molecular complexity index is 433. The largest absolute Gasteiger partial charge is 0.369 e. The van der Waals surface area contributed by atoms with Gasteiger partial charge in [-0.15, -0.1) is 0 Å². The summed E-state index contributed by atoms with van der Waals surface area (Å²) in [6, 6.07) is 6.94. The normalized spacial score (nSPS) is 18.9. The maximum absolute atomic E-state index is 11.8. The molecule has 0 radical (unpaired) electrons. The van der Waals surface area contributed by atoms with Crippen LogP contribution in [0.5, 0.6) is 0 Å². The van der Waals surface area contributed by atoms with E-state index in [4.69, 9.17) is 12.2 Å². The van der Waals surface area contributed by atoms with Gasteiger partial charge < -0.3 is 10.4 Å². The maximum atomic E-state index is 11.8. The first-order chi connectivity index (χ1) is 7.16. The molecule has 5 heteroatoms. The second-order valence-electron chi connectivity index (χ2n) is 3.19. The topological polar surface area (TPSA) is 52.6 Å². The Morgan fingerprint density at radius 2 is 2.20 bits per heavy atom. The highest BCUT2D eigenvalue weighted by Crippen LogP contribution is 2.31. The van der Waals surface area contributed by atoms with E-state index >= 15 is 0 Å². The number of carbonyl (C=O) groups excluding carboxylic acids is 1. The summed E-state index contributed by atoms with van der Waals surface area (Å²) in [5.41, 5.74) is 1.10. The molecule has 0 saturated carbocycles. The third-order valence-electron chi connectivity index (χ3n) is 2.37. The van der Waals surface area contributed by atoms with E-state index in [2.05, 4.69) is 5.32 Å². The molecule has 1 heterocycles. The molecule has 0 aliphatic carbocycles. The molecular formula is C10H10N2O2S. The highest BCUT2D eigenvalue weighted by molar-refractivity contribution is 7.80. The van der Waals surface area contributed by atoms with Crippen LogP contribution < -0.4 is 5.32 Å². The first kappa shape index (κ1) is 10.1. The van der Waals surface area contributed by atoms with Crippen LogP contribution in [0.25, 0.3) is 0 Å². The van der Waals surface area contributed by atoms with Gasteiger partial charge in [-0.05, 0) is 18.3 Å². The summed E-state index contributed by atoms with van der Waals surface area (Å²) in [5.74, 6) is -0.266. The predicted octanol–water partition coefficient (Wildman–Crippen LogP) is 0.638. The van der Waals surface area contributed by atoms with Crippen LogP contribution in [0.15, 0.2) is 24.3 Å². The molecular weight excluding hydrogens is 212 g/mol. The monoisotopic (exact) mass is 222 g/mol. The Morgan fingerprint density at radius 1 is 1.53 bits per heavy atom. The lowest BCUT2D eigenvalue weighted by Crippen LogP contribution is -2.40. The Balaban J connectivity index is 2.45. The fraction of sp³-hybridized carbons (Fsp3) is 0.200. The zero-order valence-electron chi connectivity index (χ0n) is 8.10. The van der Waals surface area contributed by atoms with Crippen molar-refractivity contribution in [3.05, 3.63) is 35.4 Å². The summed E-state index contributed by atoms with van der Waals surface area (Å²) in [6.45, 7) is 0. The molecule has 15 heavy (non-hydrogen) atoms. The number of amides is 1. The third kappa shape index (κ3) is 1.40. The molecule has 1 unspecified atom stereocenters. The molecule has 2 rings (SSSR count). The SMILES string of the molecule is CNC(=S)N1C(=O)c2ccccc2C1O. The fourth-order valence-electron chi connectivity index (χ4n) is 1.62. The molecule has 1 atom stereocenters. The van der Waals surface area contributed by atoms with E-state index in [1.807, 2.05) is 0 Å². The molecule has 1 amide bonds. The van der Waals surface area contributed by atoms with Gasteiger partial charge >= 0.3 is 0 Å². The number of thiocarbonyl (C=S) groups is 1. The van der Waals surface area contributed by atoms with Crippen molar-refractivity contribution in [1.29, 1.82) is 0 Å². The lowest BCUT2D eigenvalue weighted by Gasteiger charge is -2.20. The lowest BCUT2D eigenvalue weighted by molar-refractivity contribution is 0.0483. The predicted molar refractivity (Wildman–Crippen MR) is 59.2 cm³/mol. The van der Waals surface area contributed by atoms with E-state index in [9.17, 15) is 9.90 Å². The molecule has 4 nitrogen and oxygen atoms in total. The van der Waals surface area contributed by atoms with Crippen molar-refractivity contribution < 1.29 is 9.90 Å². The number of hydrogen-bond acceptors (Lipinski definition) is 3. The molecule has 0 aromatic heterocycles. The van der Waals surface area contributed by atoms with Crippen LogP contribution in [0, 0.1) is 0 Å². The van der Waals surface area contributed by atoms with Crippen molar-refractivity contribution in [2.45, 2.75) is 6.23 Å². The first-order valence-electron chi connectivity index (χ1n) is 4.49. The van der Waals surface area contributed by atoms with E-state index in [0.717, 1.165) is 0 Å². The summed E-state index contributed by atoms with van der Waals surface area (Å²) in [4.78, 5) is 13.0. The minimum atomic E-state index is -0.978. The zero-order chi connectivity index (χ0) is 11.0. The number of aliphatic hydroxyl groups excluding tert-OH is 1. The number of aliphatic hydroxyl groups is 1. The molecule has 0 spiro atoms. The number of carbonyl (C=O) groups is 1. The van der Waals surface area contributed by atoms with Crippen LogP contribution in [-0.2, 0) is 0 Å². The summed E-state index contributed by atoms with van der Waals surface area (Å²) in [7, 11) is 1.62. The minimum Gasteiger partial charge on any atom is -0.369 e. The van der Waals surface area contributed by atoms with Gasteiger partial charge in [0.2, 0.25) is 0 Å². The smallest absolute Gasteiger partial charge is 0.262 e. The Labute approximate surface area is 92.5 Å². The van der Waals surface area contributed by atoms with Gasteiger partial charge in [0.1, 0.15) is 0 Å². The van der Waals surface area contributed by atoms with Crippen molar-refractivity contribution in [3.8, 4) is 0 Å². The Morgan fingerprint density at radius 3 is 2.80 bits per heavy atom. The van der Waals surface area contributed by atoms with E-state index in [1.54, 1.807) is 31.3 Å². The molecule has 2 N–H and O–H groups in total. The minimum absolute atomic E-state index is 0.226. The van der Waals surface area contributed by atoms with Crippen LogP contribution in [0.3, 0.4) is 0 Å². The molecule has 78 valence electrons. The maximum Gasteiger partial charge on any atom is 0.262 e. The quantitative estimate of drug-likeness (QED) is 0.632. The number of nitrogens with zero attached hydrogens (tertiary/aromatic N) is 1. The Kier molecular flexibility index (Phi) is 2.42. The van der Waals surface area contributed by atoms with Crippen molar-refractivity contribution in [2.75, 3.05) is 7.05 Å². The van der Waals surface area contributed by atoms with Crippen LogP contribution in [0.1, 0.15) is 22.1 Å². The van der Waals surface area contributed by atoms with Crippen LogP contribution >= 0.6 is 12.2 Å². The van der Waals surface area contributed by atoms with Crippen molar-refractivity contribution in [3.63, 3.8) is 0 Å². The van der Waals surface area contributed by atoms with Gasteiger partial charge in [-0.3, -0.25) is 9.69 Å². The number of nitrogens with one attached hydrogen (secondary N) is 1. The average Bonchev–Trinajstić information content (AvgIpc) is 2.52. The standard InChI is InChI=1S/C10H10N2O2S/c1-11-10(15)12-8(13)6-4-2-3-5-7(6)9(12)14/h2-5,8,13H,1H3,(H,11,15). The van der Waals surface area contributed by atoms with Crippen LogP contribution in [-0.4, -0.2) is 28.1 Å². The fourth-order valence-corrected chi connectivity index (χ4v) is 1.80. The van der Waals surface area contributed by atoms with E-state index in [-0.39, 0.29) is 11.0 Å². The highest BCUT2D eigenvalue weighted by Gasteiger charge is 2.37. The zero-order valence-corrected chi connectivity index (χ0v) is 8.91. The molecule has 1 aliphatic rings. The number of rotatable bonds is 0. The first-order valence-corrected chi connectivity index (χ1v) is 4.90.